The van der Waals surface area contributed by atoms with Gasteiger partial charge < -0.3 is 10.5 Å². The monoisotopic (exact) mass is 315 g/mol. The van der Waals surface area contributed by atoms with Gasteiger partial charge in [0, 0.05) is 18.7 Å². The molecule has 1 aliphatic heterocycles. The Balaban J connectivity index is 2.52. The van der Waals surface area contributed by atoms with Crippen molar-refractivity contribution in [3.05, 3.63) is 28.3 Å². The Labute approximate surface area is 122 Å². The first-order chi connectivity index (χ1) is 9.87. The van der Waals surface area contributed by atoms with Crippen LogP contribution in [0.1, 0.15) is 19.3 Å². The first kappa shape index (κ1) is 15.7. The number of nitro benzene ring substituents is 1. The maximum atomic E-state index is 12.7. The summed E-state index contributed by atoms with van der Waals surface area (Å²) in [5.41, 5.74) is 5.56. The molecule has 1 aromatic rings. The molecule has 1 heterocycles. The summed E-state index contributed by atoms with van der Waals surface area (Å²) in [6.07, 6.45) is 1.52. The van der Waals surface area contributed by atoms with Crippen LogP contribution in [-0.4, -0.2) is 37.5 Å². The van der Waals surface area contributed by atoms with E-state index in [1.165, 1.54) is 23.5 Å². The molecule has 2 N–H and O–H groups in total. The van der Waals surface area contributed by atoms with Crippen molar-refractivity contribution < 1.29 is 18.1 Å². The number of piperidine rings is 1. The highest BCUT2D eigenvalue weighted by Crippen LogP contribution is 2.32. The summed E-state index contributed by atoms with van der Waals surface area (Å²) in [7, 11) is -2.62. The number of ether oxygens (including phenoxy) is 1. The number of methoxy groups -OCH3 is 1. The van der Waals surface area contributed by atoms with E-state index in [0.717, 1.165) is 12.5 Å². The van der Waals surface area contributed by atoms with Crippen molar-refractivity contribution in [2.75, 3.05) is 13.7 Å². The lowest BCUT2D eigenvalue weighted by atomic mass is 10.1. The number of non-ortho nitro benzene ring substituents is 1. The molecular weight excluding hydrogens is 298 g/mol. The van der Waals surface area contributed by atoms with Crippen molar-refractivity contribution in [2.24, 2.45) is 5.73 Å². The Bertz CT molecular complexity index is 646. The zero-order valence-electron chi connectivity index (χ0n) is 11.6. The van der Waals surface area contributed by atoms with E-state index >= 15 is 0 Å². The van der Waals surface area contributed by atoms with Gasteiger partial charge >= 0.3 is 0 Å². The molecule has 1 unspecified atom stereocenters. The van der Waals surface area contributed by atoms with E-state index in [4.69, 9.17) is 10.5 Å². The quantitative estimate of drug-likeness (QED) is 0.656. The van der Waals surface area contributed by atoms with Gasteiger partial charge in [-0.25, -0.2) is 8.42 Å². The molecule has 0 spiro atoms. The van der Waals surface area contributed by atoms with Gasteiger partial charge in [-0.05, 0) is 25.3 Å². The molecule has 8 nitrogen and oxygen atoms in total. The van der Waals surface area contributed by atoms with E-state index in [1.807, 2.05) is 0 Å². The van der Waals surface area contributed by atoms with Crippen LogP contribution in [0.15, 0.2) is 23.1 Å². The fourth-order valence-corrected chi connectivity index (χ4v) is 4.10. The van der Waals surface area contributed by atoms with Crippen molar-refractivity contribution in [3.63, 3.8) is 0 Å². The van der Waals surface area contributed by atoms with Crippen LogP contribution in [0.3, 0.4) is 0 Å². The highest BCUT2D eigenvalue weighted by molar-refractivity contribution is 7.89. The van der Waals surface area contributed by atoms with Crippen molar-refractivity contribution >= 4 is 15.7 Å². The van der Waals surface area contributed by atoms with Crippen LogP contribution in [0.2, 0.25) is 0 Å². The fraction of sp³-hybridized carbons (Fsp3) is 0.500. The van der Waals surface area contributed by atoms with Crippen LogP contribution in [0.4, 0.5) is 5.69 Å². The van der Waals surface area contributed by atoms with Gasteiger partial charge in [0.15, 0.2) is 0 Å². The number of nitrogens with zero attached hydrogens (tertiary/aromatic N) is 2. The maximum absolute atomic E-state index is 12.7. The average Bonchev–Trinajstić information content (AvgIpc) is 2.46. The number of hydrogen-bond donors (Lipinski definition) is 1. The number of nitro groups is 1. The van der Waals surface area contributed by atoms with Crippen molar-refractivity contribution in [2.45, 2.75) is 30.3 Å². The minimum atomic E-state index is -3.93. The highest BCUT2D eigenvalue weighted by atomic mass is 32.2. The van der Waals surface area contributed by atoms with Gasteiger partial charge in [0.2, 0.25) is 10.0 Å². The van der Waals surface area contributed by atoms with Gasteiger partial charge in [0.05, 0.1) is 18.2 Å². The lowest BCUT2D eigenvalue weighted by molar-refractivity contribution is -0.385. The molecule has 0 aromatic heterocycles. The third-order valence-corrected chi connectivity index (χ3v) is 5.39. The van der Waals surface area contributed by atoms with E-state index in [9.17, 15) is 18.5 Å². The van der Waals surface area contributed by atoms with E-state index in [-0.39, 0.29) is 16.3 Å². The van der Waals surface area contributed by atoms with Gasteiger partial charge in [-0.2, -0.15) is 4.31 Å². The predicted molar refractivity (Wildman–Crippen MR) is 75.4 cm³/mol. The second-order valence-electron chi connectivity index (χ2n) is 4.77. The lowest BCUT2D eigenvalue weighted by Crippen LogP contribution is -2.48. The van der Waals surface area contributed by atoms with Gasteiger partial charge in [0.1, 0.15) is 10.6 Å². The molecule has 0 amide bonds. The van der Waals surface area contributed by atoms with E-state index < -0.39 is 21.1 Å². The van der Waals surface area contributed by atoms with E-state index in [1.54, 1.807) is 0 Å². The summed E-state index contributed by atoms with van der Waals surface area (Å²) < 4.78 is 31.6. The molecule has 0 bridgehead atoms. The molecule has 21 heavy (non-hydrogen) atoms. The second-order valence-corrected chi connectivity index (χ2v) is 6.63. The highest BCUT2D eigenvalue weighted by Gasteiger charge is 2.34. The molecular formula is C12H17N3O5S. The largest absolute Gasteiger partial charge is 0.495 e. The second kappa shape index (κ2) is 5.96. The summed E-state index contributed by atoms with van der Waals surface area (Å²) in [6.45, 7) is 0.301. The fourth-order valence-electron chi connectivity index (χ4n) is 2.34. The van der Waals surface area contributed by atoms with Crippen LogP contribution in [-0.2, 0) is 10.0 Å². The normalized spacial score (nSPS) is 20.2. The lowest BCUT2D eigenvalue weighted by Gasteiger charge is -2.32. The molecule has 0 aliphatic carbocycles. The van der Waals surface area contributed by atoms with Crippen LogP contribution in [0, 0.1) is 10.1 Å². The van der Waals surface area contributed by atoms with Crippen molar-refractivity contribution in [1.82, 2.24) is 4.31 Å². The number of nitrogens with two attached hydrogens (primary N) is 1. The van der Waals surface area contributed by atoms with Crippen LogP contribution >= 0.6 is 0 Å². The zero-order chi connectivity index (χ0) is 15.6. The Morgan fingerprint density at radius 1 is 1.43 bits per heavy atom. The first-order valence-electron chi connectivity index (χ1n) is 6.48. The molecule has 1 aromatic carbocycles. The van der Waals surface area contributed by atoms with Crippen molar-refractivity contribution in [1.29, 1.82) is 0 Å². The number of rotatable bonds is 4. The Kier molecular flexibility index (Phi) is 4.45. The first-order valence-corrected chi connectivity index (χ1v) is 7.92. The van der Waals surface area contributed by atoms with Gasteiger partial charge in [-0.1, -0.05) is 0 Å². The third kappa shape index (κ3) is 2.99. The van der Waals surface area contributed by atoms with Crippen molar-refractivity contribution in [3.8, 4) is 5.75 Å². The molecule has 9 heteroatoms. The zero-order valence-corrected chi connectivity index (χ0v) is 12.4. The topological polar surface area (TPSA) is 116 Å². The molecule has 1 atom stereocenters. The summed E-state index contributed by atoms with van der Waals surface area (Å²) in [5.74, 6) is 0.0679. The summed E-state index contributed by atoms with van der Waals surface area (Å²) in [5, 5.41) is 10.9. The number of benzene rings is 1. The third-order valence-electron chi connectivity index (χ3n) is 3.44. The van der Waals surface area contributed by atoms with Crippen LogP contribution in [0.5, 0.6) is 5.75 Å². The average molecular weight is 315 g/mol. The standard InChI is InChI=1S/C12H17N3O5S/c1-20-10-6-5-9(15(16)17)8-11(10)21(18,19)14-7-3-2-4-12(14)13/h5-6,8,12H,2-4,7,13H2,1H3. The van der Waals surface area contributed by atoms with Crippen LogP contribution in [0.25, 0.3) is 0 Å². The van der Waals surface area contributed by atoms with E-state index in [2.05, 4.69) is 0 Å². The summed E-state index contributed by atoms with van der Waals surface area (Å²) in [4.78, 5) is 9.98. The molecule has 1 saturated heterocycles. The Hall–Kier alpha value is -1.71. The van der Waals surface area contributed by atoms with E-state index in [0.29, 0.717) is 19.4 Å². The Morgan fingerprint density at radius 3 is 2.71 bits per heavy atom. The van der Waals surface area contributed by atoms with Gasteiger partial charge in [-0.3, -0.25) is 10.1 Å². The van der Waals surface area contributed by atoms with Gasteiger partial charge in [0.25, 0.3) is 5.69 Å². The molecule has 1 aliphatic rings. The Morgan fingerprint density at radius 2 is 2.14 bits per heavy atom. The molecule has 0 saturated carbocycles. The van der Waals surface area contributed by atoms with Crippen LogP contribution < -0.4 is 10.5 Å². The number of sulfonamides is 1. The predicted octanol–water partition coefficient (Wildman–Crippen LogP) is 1.06. The molecule has 0 radical (unpaired) electrons. The molecule has 2 rings (SSSR count). The molecule has 1 fully saturated rings. The SMILES string of the molecule is COc1ccc([N+](=O)[O-])cc1S(=O)(=O)N1CCCCC1N. The minimum Gasteiger partial charge on any atom is -0.495 e. The summed E-state index contributed by atoms with van der Waals surface area (Å²) >= 11 is 0. The number of hydrogen-bond acceptors (Lipinski definition) is 6. The minimum absolute atomic E-state index is 0.0679. The smallest absolute Gasteiger partial charge is 0.271 e. The van der Waals surface area contributed by atoms with Gasteiger partial charge in [-0.15, -0.1) is 0 Å². The maximum Gasteiger partial charge on any atom is 0.271 e. The molecule has 116 valence electrons. The summed E-state index contributed by atoms with van der Waals surface area (Å²) in [6, 6.07) is 3.49.